The van der Waals surface area contributed by atoms with Crippen molar-refractivity contribution < 1.29 is 29.0 Å². The van der Waals surface area contributed by atoms with Crippen molar-refractivity contribution in [1.29, 1.82) is 5.26 Å². The fourth-order valence-corrected chi connectivity index (χ4v) is 5.14. The van der Waals surface area contributed by atoms with Crippen molar-refractivity contribution >= 4 is 45.2 Å². The molecule has 14 heteroatoms. The molecule has 2 fully saturated rings. The molecule has 0 bridgehead atoms. The Kier molecular flexibility index (Phi) is 5.00. The van der Waals surface area contributed by atoms with Crippen LogP contribution in [-0.4, -0.2) is 29.4 Å². The predicted molar refractivity (Wildman–Crippen MR) is 114 cm³/mol. The summed E-state index contributed by atoms with van der Waals surface area (Å²) in [5, 5.41) is 15.4. The predicted octanol–water partition coefficient (Wildman–Crippen LogP) is 6.73. The highest BCUT2D eigenvalue weighted by Gasteiger charge is 2.65. The minimum absolute atomic E-state index is 0.0790. The van der Waals surface area contributed by atoms with Crippen molar-refractivity contribution in [2.24, 2.45) is 5.92 Å². The number of aromatic nitrogens is 2. The number of hydrogen-bond acceptors (Lipinski definition) is 5. The molecule has 180 valence electrons. The zero-order valence-electron chi connectivity index (χ0n) is 17.0. The molecule has 0 atom stereocenters. The van der Waals surface area contributed by atoms with E-state index in [2.05, 4.69) is 10.4 Å². The van der Waals surface area contributed by atoms with E-state index in [4.69, 9.17) is 27.9 Å². The lowest BCUT2D eigenvalue weighted by Gasteiger charge is -2.40. The highest BCUT2D eigenvalue weighted by molar-refractivity contribution is 8.45. The van der Waals surface area contributed by atoms with Gasteiger partial charge in [0, 0.05) is 6.54 Å². The topological polar surface area (TPSA) is 79.9 Å². The van der Waals surface area contributed by atoms with Gasteiger partial charge in [0.05, 0.1) is 28.1 Å². The van der Waals surface area contributed by atoms with E-state index >= 15 is 0 Å². The van der Waals surface area contributed by atoms with E-state index in [1.54, 1.807) is 0 Å². The first kappa shape index (κ1) is 23.9. The van der Waals surface area contributed by atoms with Crippen molar-refractivity contribution in [2.45, 2.75) is 36.0 Å². The number of halogens is 7. The van der Waals surface area contributed by atoms with E-state index < -0.39 is 36.5 Å². The van der Waals surface area contributed by atoms with Crippen molar-refractivity contribution in [2.75, 3.05) is 19.0 Å². The summed E-state index contributed by atoms with van der Waals surface area (Å²) in [6, 6.07) is 2.04. The Balaban J connectivity index is 1.94. The lowest BCUT2D eigenvalue weighted by Crippen LogP contribution is -2.24. The number of methoxy groups -OCH3 is 1. The summed E-state index contributed by atoms with van der Waals surface area (Å²) in [4.78, 5) is 10.3. The van der Waals surface area contributed by atoms with Crippen molar-refractivity contribution in [1.82, 2.24) is 9.78 Å². The van der Waals surface area contributed by atoms with Crippen LogP contribution in [0.3, 0.4) is 0 Å². The van der Waals surface area contributed by atoms with Gasteiger partial charge >= 0.3 is 16.2 Å². The average Bonchev–Trinajstić information content (AvgIpc) is 3.62. The van der Waals surface area contributed by atoms with Crippen molar-refractivity contribution in [3.8, 4) is 11.8 Å². The molecule has 0 radical (unpaired) electrons. The number of carbonyl (C=O) groups is 1. The molecule has 0 unspecified atom stereocenters. The minimum Gasteiger partial charge on any atom is -0.468 e. The molecule has 0 aliphatic heterocycles. The molecule has 2 aliphatic rings. The average molecular weight is 531 g/mol. The van der Waals surface area contributed by atoms with Gasteiger partial charge in [-0.3, -0.25) is 4.79 Å². The number of anilines is 1. The number of nitrogens with one attached hydrogen (secondary N) is 1. The molecule has 0 saturated heterocycles. The van der Waals surface area contributed by atoms with Crippen LogP contribution in [0.5, 0.6) is 0 Å². The maximum absolute atomic E-state index is 13.3. The van der Waals surface area contributed by atoms with Crippen LogP contribution in [0.15, 0.2) is 17.0 Å². The van der Waals surface area contributed by atoms with Gasteiger partial charge < -0.3 is 10.1 Å². The van der Waals surface area contributed by atoms with Gasteiger partial charge in [-0.05, 0) is 43.7 Å². The number of ether oxygens (including phenoxy) is 1. The maximum atomic E-state index is 13.3. The third-order valence-corrected chi connectivity index (χ3v) is 7.40. The van der Waals surface area contributed by atoms with E-state index in [1.807, 2.05) is 6.07 Å². The van der Waals surface area contributed by atoms with Crippen LogP contribution in [0.4, 0.5) is 25.2 Å². The largest absolute Gasteiger partial charge is 0.468 e. The molecule has 2 aliphatic carbocycles. The zero-order chi connectivity index (χ0) is 24.5. The van der Waals surface area contributed by atoms with E-state index in [9.17, 15) is 29.5 Å². The van der Waals surface area contributed by atoms with Crippen LogP contribution in [-0.2, 0) is 14.9 Å². The number of benzene rings is 1. The number of hydrogen-bond donors (Lipinski definition) is 1. The lowest BCUT2D eigenvalue weighted by molar-refractivity contribution is -0.143. The third kappa shape index (κ3) is 4.34. The van der Waals surface area contributed by atoms with Crippen LogP contribution >= 0.6 is 33.4 Å². The van der Waals surface area contributed by atoms with Crippen molar-refractivity contribution in [3.63, 3.8) is 0 Å². The molecule has 1 aromatic heterocycles. The quantitative estimate of drug-likeness (QED) is 0.317. The Bertz CT molecular complexity index is 1200. The van der Waals surface area contributed by atoms with Gasteiger partial charge in [0.25, 0.3) is 0 Å². The molecule has 33 heavy (non-hydrogen) atoms. The van der Waals surface area contributed by atoms with E-state index in [0.29, 0.717) is 25.3 Å². The Morgan fingerprint density at radius 2 is 1.85 bits per heavy atom. The molecular formula is C19H17Cl2F5N4O2S. The Labute approximate surface area is 195 Å². The molecular weight excluding hydrogens is 514 g/mol. The Morgan fingerprint density at radius 1 is 1.27 bits per heavy atom. The first-order chi connectivity index (χ1) is 15.1. The second-order valence-corrected chi connectivity index (χ2v) is 11.4. The van der Waals surface area contributed by atoms with Gasteiger partial charge in [0.15, 0.2) is 5.69 Å². The van der Waals surface area contributed by atoms with Crippen molar-refractivity contribution in [3.05, 3.63) is 33.4 Å². The second-order valence-electron chi connectivity index (χ2n) is 8.20. The van der Waals surface area contributed by atoms with Gasteiger partial charge in [-0.2, -0.15) is 10.4 Å². The molecule has 0 spiro atoms. The first-order valence-electron chi connectivity index (χ1n) is 9.70. The van der Waals surface area contributed by atoms with Crippen LogP contribution in [0.25, 0.3) is 5.69 Å². The summed E-state index contributed by atoms with van der Waals surface area (Å²) >= 11 is 12.0. The zero-order valence-corrected chi connectivity index (χ0v) is 19.3. The molecule has 0 amide bonds. The summed E-state index contributed by atoms with van der Waals surface area (Å²) < 4.78 is 72.4. The number of nitrogens with zero attached hydrogens (tertiary/aromatic N) is 3. The van der Waals surface area contributed by atoms with Gasteiger partial charge in [0.2, 0.25) is 0 Å². The fourth-order valence-electron chi connectivity index (χ4n) is 3.68. The molecule has 6 nitrogen and oxygen atoms in total. The Hall–Kier alpha value is -2.23. The van der Waals surface area contributed by atoms with E-state index in [1.165, 1.54) is 7.11 Å². The molecule has 1 N–H and O–H groups in total. The molecule has 1 aromatic carbocycles. The summed E-state index contributed by atoms with van der Waals surface area (Å²) in [5.41, 5.74) is -1.46. The summed E-state index contributed by atoms with van der Waals surface area (Å²) in [5.74, 6) is -0.145. The normalized spacial score (nSPS) is 19.2. The molecule has 4 rings (SSSR count). The Morgan fingerprint density at radius 3 is 2.27 bits per heavy atom. The molecule has 2 aromatic rings. The molecule has 1 heterocycles. The van der Waals surface area contributed by atoms with E-state index in [0.717, 1.165) is 17.5 Å². The van der Waals surface area contributed by atoms with Crippen LogP contribution in [0.2, 0.25) is 10.0 Å². The number of carbonyl (C=O) groups excluding carboxylic acids is 1. The lowest BCUT2D eigenvalue weighted by atomic mass is 9.95. The number of esters is 1. The highest BCUT2D eigenvalue weighted by atomic mass is 35.5. The fraction of sp³-hybridized carbons (Fsp3) is 0.421. The minimum atomic E-state index is -10.1. The van der Waals surface area contributed by atoms with Crippen LogP contribution in [0.1, 0.15) is 36.9 Å². The number of rotatable bonds is 7. The summed E-state index contributed by atoms with van der Waals surface area (Å²) in [6.07, 6.45) is 2.62. The highest BCUT2D eigenvalue weighted by Crippen LogP contribution is 3.02. The maximum Gasteiger partial charge on any atom is 0.316 e. The SMILES string of the molecule is COC(=O)C1(c2c(C#N)nn(-c3c(Cl)cc(S(F)(F)(F)(F)F)cc3Cl)c2NCC2CC2)CC1. The first-order valence-corrected chi connectivity index (χ1v) is 12.4. The summed E-state index contributed by atoms with van der Waals surface area (Å²) in [6.45, 7) is 0.430. The number of nitriles is 1. The van der Waals surface area contributed by atoms with Crippen LogP contribution < -0.4 is 5.32 Å². The van der Waals surface area contributed by atoms with Crippen LogP contribution in [0, 0.1) is 17.2 Å². The van der Waals surface area contributed by atoms with E-state index in [-0.39, 0.29) is 34.9 Å². The van der Waals surface area contributed by atoms with Gasteiger partial charge in [-0.1, -0.05) is 42.6 Å². The van der Waals surface area contributed by atoms with Gasteiger partial charge in [-0.25, -0.2) is 4.68 Å². The third-order valence-electron chi connectivity index (χ3n) is 5.70. The standard InChI is InChI=1S/C19H17Cl2F5N4O2S/c1-32-18(31)19(4-5-19)15-14(8-27)29-30(17(15)28-9-10-2-3-10)16-12(20)6-11(7-13(16)21)33(22,23,24,25)26/h6-7,10,28H,2-5,9H2,1H3. The second kappa shape index (κ2) is 6.90. The summed E-state index contributed by atoms with van der Waals surface area (Å²) in [7, 11) is -8.86. The monoisotopic (exact) mass is 530 g/mol. The smallest absolute Gasteiger partial charge is 0.316 e. The van der Waals surface area contributed by atoms with Gasteiger partial charge in [-0.15, -0.1) is 0 Å². The molecule has 2 saturated carbocycles. The van der Waals surface area contributed by atoms with Gasteiger partial charge in [0.1, 0.15) is 22.5 Å².